The molecule has 35 heavy (non-hydrogen) atoms. The minimum atomic E-state index is -3.96. The number of benzene rings is 2. The molecule has 1 saturated heterocycles. The number of nitrogens with one attached hydrogen (secondary N) is 2. The van der Waals surface area contributed by atoms with Crippen LogP contribution in [0.5, 0.6) is 0 Å². The Morgan fingerprint density at radius 1 is 1.09 bits per heavy atom. The van der Waals surface area contributed by atoms with Crippen molar-refractivity contribution in [2.45, 2.75) is 36.1 Å². The van der Waals surface area contributed by atoms with Crippen LogP contribution in [0.25, 0.3) is 0 Å². The fourth-order valence-corrected chi connectivity index (χ4v) is 4.13. The molecule has 7 nitrogen and oxygen atoms in total. The van der Waals surface area contributed by atoms with Gasteiger partial charge in [-0.1, -0.05) is 35.9 Å². The van der Waals surface area contributed by atoms with Crippen LogP contribution in [0.1, 0.15) is 39.9 Å². The smallest absolute Gasteiger partial charge is 0.349 e. The van der Waals surface area contributed by atoms with Gasteiger partial charge in [0.25, 0.3) is 11.8 Å². The summed E-state index contributed by atoms with van der Waals surface area (Å²) in [5.74, 6) is -7.57. The summed E-state index contributed by atoms with van der Waals surface area (Å²) < 4.78 is 29.3. The number of rotatable bonds is 5. The number of nitrogens with zero attached hydrogens (tertiary/aromatic N) is 1. The van der Waals surface area contributed by atoms with Gasteiger partial charge in [-0.25, -0.2) is 0 Å². The van der Waals surface area contributed by atoms with Crippen molar-refractivity contribution in [3.05, 3.63) is 69.7 Å². The highest BCUT2D eigenvalue weighted by Gasteiger charge is 2.48. The van der Waals surface area contributed by atoms with Crippen LogP contribution >= 0.6 is 11.6 Å². The molecule has 6 radical (unpaired) electrons. The topological polar surface area (TPSA) is 95.6 Å². The van der Waals surface area contributed by atoms with E-state index in [2.05, 4.69) is 5.32 Å². The van der Waals surface area contributed by atoms with Gasteiger partial charge in [-0.05, 0) is 41.1 Å². The number of fused-ring (bicyclic) bond motifs is 1. The molecule has 1 unspecified atom stereocenters. The fraction of sp³-hybridized carbons (Fsp3) is 0.273. The van der Waals surface area contributed by atoms with E-state index in [1.807, 2.05) is 5.32 Å². The number of amides is 4. The maximum absolute atomic E-state index is 14.7. The molecule has 1 atom stereocenters. The Morgan fingerprint density at radius 2 is 1.71 bits per heavy atom. The monoisotopic (exact) mass is 491 g/mol. The summed E-state index contributed by atoms with van der Waals surface area (Å²) in [5.41, 5.74) is -1.78. The number of piperidine rings is 1. The number of hydrogen-bond donors (Lipinski definition) is 2. The van der Waals surface area contributed by atoms with Crippen molar-refractivity contribution in [1.29, 1.82) is 0 Å². The molecule has 0 saturated carbocycles. The van der Waals surface area contributed by atoms with Gasteiger partial charge in [-0.3, -0.25) is 24.5 Å². The molecule has 2 aromatic rings. The predicted octanol–water partition coefficient (Wildman–Crippen LogP) is 0.953. The zero-order valence-electron chi connectivity index (χ0n) is 18.1. The van der Waals surface area contributed by atoms with E-state index in [4.69, 9.17) is 35.1 Å². The van der Waals surface area contributed by atoms with E-state index < -0.39 is 45.9 Å². The second-order valence-corrected chi connectivity index (χ2v) is 8.91. The van der Waals surface area contributed by atoms with Gasteiger partial charge in [0, 0.05) is 29.1 Å². The van der Waals surface area contributed by atoms with E-state index in [1.54, 1.807) is 0 Å². The van der Waals surface area contributed by atoms with Crippen molar-refractivity contribution in [2.75, 3.05) is 0 Å². The van der Waals surface area contributed by atoms with Crippen molar-refractivity contribution >= 4 is 58.8 Å². The molecule has 4 amide bonds. The molecule has 4 rings (SSSR count). The van der Waals surface area contributed by atoms with Gasteiger partial charge < -0.3 is 10.2 Å². The van der Waals surface area contributed by atoms with Gasteiger partial charge in [-0.15, -0.1) is 0 Å². The highest BCUT2D eigenvalue weighted by molar-refractivity contribution is 6.40. The first-order valence-corrected chi connectivity index (χ1v) is 10.8. The second-order valence-electron chi connectivity index (χ2n) is 8.47. The molecular weight excluding hydrogens is 476 g/mol. The minimum absolute atomic E-state index is 0.0282. The van der Waals surface area contributed by atoms with E-state index in [1.165, 1.54) is 30.3 Å². The van der Waals surface area contributed by atoms with Crippen molar-refractivity contribution in [3.63, 3.8) is 0 Å². The summed E-state index contributed by atoms with van der Waals surface area (Å²) in [4.78, 5) is 50.3. The molecular formula is C22H15B3ClF2N3O4. The maximum Gasteiger partial charge on any atom is 0.349 e. The Balaban J connectivity index is 1.56. The molecule has 2 heterocycles. The van der Waals surface area contributed by atoms with E-state index >= 15 is 0 Å². The van der Waals surface area contributed by atoms with E-state index in [9.17, 15) is 28.0 Å². The quantitative estimate of drug-likeness (QED) is 0.481. The Kier molecular flexibility index (Phi) is 6.07. The average molecular weight is 491 g/mol. The number of carbonyl (C=O) groups is 4. The highest BCUT2D eigenvalue weighted by Crippen LogP contribution is 2.35. The summed E-state index contributed by atoms with van der Waals surface area (Å²) in [5, 5.41) is 2.04. The molecule has 0 spiro atoms. The first kappa shape index (κ1) is 25.0. The molecule has 172 valence electrons. The molecule has 0 aliphatic carbocycles. The third-order valence-electron chi connectivity index (χ3n) is 6.06. The summed E-state index contributed by atoms with van der Waals surface area (Å²) in [7, 11) is 18.1. The second kappa shape index (κ2) is 8.51. The summed E-state index contributed by atoms with van der Waals surface area (Å²) in [6, 6.07) is 8.45. The Labute approximate surface area is 208 Å². The zero-order valence-corrected chi connectivity index (χ0v) is 18.9. The van der Waals surface area contributed by atoms with Crippen LogP contribution < -0.4 is 10.6 Å². The van der Waals surface area contributed by atoms with Crippen LogP contribution in [0.2, 0.25) is 5.02 Å². The molecule has 0 aromatic heterocycles. The van der Waals surface area contributed by atoms with Crippen LogP contribution in [0.3, 0.4) is 0 Å². The van der Waals surface area contributed by atoms with Crippen molar-refractivity contribution in [3.8, 4) is 0 Å². The van der Waals surface area contributed by atoms with Crippen LogP contribution in [-0.4, -0.2) is 57.5 Å². The lowest BCUT2D eigenvalue weighted by Crippen LogP contribution is -2.63. The molecule has 13 heteroatoms. The van der Waals surface area contributed by atoms with E-state index in [0.717, 1.165) is 17.0 Å². The van der Waals surface area contributed by atoms with Gasteiger partial charge in [0.2, 0.25) is 11.8 Å². The van der Waals surface area contributed by atoms with Gasteiger partial charge in [0.15, 0.2) is 0 Å². The normalized spacial score (nSPS) is 20.4. The lowest BCUT2D eigenvalue weighted by molar-refractivity contribution is -0.147. The first-order chi connectivity index (χ1) is 16.3. The average Bonchev–Trinajstić information content (AvgIpc) is 3.13. The summed E-state index contributed by atoms with van der Waals surface area (Å²) in [6.07, 6.45) is -0.117. The number of alkyl halides is 2. The van der Waals surface area contributed by atoms with Gasteiger partial charge in [0.1, 0.15) is 7.85 Å². The van der Waals surface area contributed by atoms with Crippen molar-refractivity contribution in [1.82, 2.24) is 15.5 Å². The van der Waals surface area contributed by atoms with Gasteiger partial charge >= 0.3 is 5.92 Å². The zero-order chi connectivity index (χ0) is 25.8. The van der Waals surface area contributed by atoms with E-state index in [0.29, 0.717) is 5.56 Å². The largest absolute Gasteiger partial charge is 0.358 e. The molecule has 0 bridgehead atoms. The predicted molar refractivity (Wildman–Crippen MR) is 124 cm³/mol. The highest BCUT2D eigenvalue weighted by atomic mass is 35.5. The van der Waals surface area contributed by atoms with Gasteiger partial charge in [0.05, 0.1) is 21.1 Å². The lowest BCUT2D eigenvalue weighted by atomic mass is 9.57. The Bertz CT molecular complexity index is 1260. The first-order valence-electron chi connectivity index (χ1n) is 10.4. The third-order valence-corrected chi connectivity index (χ3v) is 6.31. The maximum atomic E-state index is 14.7. The van der Waals surface area contributed by atoms with Crippen molar-refractivity contribution in [2.24, 2.45) is 0 Å². The molecule has 2 aliphatic heterocycles. The third kappa shape index (κ3) is 4.35. The van der Waals surface area contributed by atoms with Crippen molar-refractivity contribution < 1.29 is 28.0 Å². The van der Waals surface area contributed by atoms with Crippen LogP contribution in [0.15, 0.2) is 42.5 Å². The molecule has 1 fully saturated rings. The number of imide groups is 1. The molecule has 2 aromatic carbocycles. The Morgan fingerprint density at radius 3 is 2.34 bits per heavy atom. The van der Waals surface area contributed by atoms with E-state index in [-0.39, 0.29) is 35.5 Å². The number of carbonyl (C=O) groups excluding carboxylic acids is 4. The van der Waals surface area contributed by atoms with Crippen LogP contribution in [-0.2, 0) is 32.2 Å². The number of hydrogen-bond acceptors (Lipinski definition) is 4. The van der Waals surface area contributed by atoms with Crippen LogP contribution in [0, 0.1) is 0 Å². The molecule has 2 aliphatic rings. The lowest BCUT2D eigenvalue weighted by Gasteiger charge is -2.40. The standard InChI is InChI=1S/C22H15B3ClF2N3O4/c23-20(8-7-16(32)29-18(20)34)31-10-11-9-13(3-6-15(11)17(31)33)22(24,25)30-19(35)21(27,28)12-1-4-14(26)5-2-12/h1-6,9H,7-8,10H2,(H,30,35)(H,29,32,34). The SMILES string of the molecule is [B]C([B])(NC(=O)C(F)(F)c1ccc(Cl)cc1)c1ccc2c(c1)CN(C1([B])CCC(=O)NC1=O)C2=O. The van der Waals surface area contributed by atoms with Crippen LogP contribution in [0.4, 0.5) is 8.78 Å². The fourth-order valence-electron chi connectivity index (χ4n) is 4.00. The summed E-state index contributed by atoms with van der Waals surface area (Å²) in [6.45, 7) is -0.120. The molecule has 2 N–H and O–H groups in total. The number of halogens is 3. The Hall–Kier alpha value is -3.14. The summed E-state index contributed by atoms with van der Waals surface area (Å²) >= 11 is 5.71. The van der Waals surface area contributed by atoms with Gasteiger partial charge in [-0.2, -0.15) is 8.78 Å². The minimum Gasteiger partial charge on any atom is -0.358 e.